The molecule has 27 heavy (non-hydrogen) atoms. The lowest BCUT2D eigenvalue weighted by molar-refractivity contribution is -0.384. The number of hydrogen-bond acceptors (Lipinski definition) is 4. The second kappa shape index (κ2) is 9.56. The molecule has 0 aliphatic carbocycles. The van der Waals surface area contributed by atoms with Crippen molar-refractivity contribution in [3.05, 3.63) is 69.3 Å². The molecule has 0 aromatic heterocycles. The van der Waals surface area contributed by atoms with E-state index < -0.39 is 4.92 Å². The van der Waals surface area contributed by atoms with Crippen LogP contribution >= 0.6 is 0 Å². The molecule has 0 unspecified atom stereocenters. The zero-order valence-electron chi connectivity index (χ0n) is 16.2. The van der Waals surface area contributed by atoms with Gasteiger partial charge in [-0.2, -0.15) is 0 Å². The van der Waals surface area contributed by atoms with E-state index >= 15 is 0 Å². The summed E-state index contributed by atoms with van der Waals surface area (Å²) < 4.78 is 5.90. The Kier molecular flexibility index (Phi) is 7.16. The number of aryl methyl sites for hydroxylation is 1. The molecule has 0 radical (unpaired) electrons. The van der Waals surface area contributed by atoms with Crippen LogP contribution in [-0.4, -0.2) is 24.0 Å². The molecule has 0 aliphatic rings. The molecule has 2 rings (SSSR count). The number of ether oxygens (including phenoxy) is 1. The van der Waals surface area contributed by atoms with Crippen LogP contribution in [0.25, 0.3) is 0 Å². The number of nitro groups is 1. The van der Waals surface area contributed by atoms with Gasteiger partial charge in [0, 0.05) is 37.8 Å². The highest BCUT2D eigenvalue weighted by atomic mass is 16.6. The van der Waals surface area contributed by atoms with Gasteiger partial charge in [-0.15, -0.1) is 0 Å². The molecule has 0 amide bonds. The van der Waals surface area contributed by atoms with Crippen LogP contribution in [0, 0.1) is 17.0 Å². The first-order valence-electron chi connectivity index (χ1n) is 8.83. The van der Waals surface area contributed by atoms with Gasteiger partial charge in [0.15, 0.2) is 5.96 Å². The largest absolute Gasteiger partial charge is 0.491 e. The quantitative estimate of drug-likeness (QED) is 0.337. The van der Waals surface area contributed by atoms with Gasteiger partial charge in [-0.3, -0.25) is 15.1 Å². The Morgan fingerprint density at radius 1 is 1.15 bits per heavy atom. The zero-order chi connectivity index (χ0) is 19.8. The Hall–Kier alpha value is -3.09. The van der Waals surface area contributed by atoms with Crippen molar-refractivity contribution in [1.29, 1.82) is 0 Å². The van der Waals surface area contributed by atoms with E-state index in [0.717, 1.165) is 22.4 Å². The normalized spacial score (nSPS) is 11.4. The van der Waals surface area contributed by atoms with Gasteiger partial charge in [0.2, 0.25) is 0 Å². The highest BCUT2D eigenvalue weighted by molar-refractivity contribution is 5.79. The van der Waals surface area contributed by atoms with Gasteiger partial charge in [0.1, 0.15) is 5.75 Å². The molecule has 0 aliphatic heterocycles. The monoisotopic (exact) mass is 370 g/mol. The Labute approximate surface area is 159 Å². The minimum Gasteiger partial charge on any atom is -0.491 e. The highest BCUT2D eigenvalue weighted by Crippen LogP contribution is 2.21. The standard InChI is InChI=1S/C20H26N4O3/c1-14(2)27-19-11-15(3)5-8-17(19)13-23-20(21-4)22-12-16-6-9-18(10-7-16)24(25)26/h5-11,14H,12-13H2,1-4H3,(H2,21,22,23). The summed E-state index contributed by atoms with van der Waals surface area (Å²) in [6, 6.07) is 12.6. The number of rotatable bonds is 7. The van der Waals surface area contributed by atoms with Crippen LogP contribution in [-0.2, 0) is 13.1 Å². The molecule has 0 spiro atoms. The van der Waals surface area contributed by atoms with Crippen molar-refractivity contribution < 1.29 is 9.66 Å². The number of guanidine groups is 1. The summed E-state index contributed by atoms with van der Waals surface area (Å²) in [7, 11) is 1.70. The van der Waals surface area contributed by atoms with Crippen LogP contribution in [0.2, 0.25) is 0 Å². The van der Waals surface area contributed by atoms with Gasteiger partial charge in [-0.25, -0.2) is 0 Å². The molecule has 2 aromatic carbocycles. The summed E-state index contributed by atoms with van der Waals surface area (Å²) >= 11 is 0. The Balaban J connectivity index is 1.95. The summed E-state index contributed by atoms with van der Waals surface area (Å²) in [6.07, 6.45) is 0.102. The van der Waals surface area contributed by atoms with Gasteiger partial charge in [0.05, 0.1) is 11.0 Å². The van der Waals surface area contributed by atoms with Crippen LogP contribution in [0.15, 0.2) is 47.5 Å². The van der Waals surface area contributed by atoms with Gasteiger partial charge in [-0.1, -0.05) is 24.3 Å². The molecule has 144 valence electrons. The predicted octanol–water partition coefficient (Wildman–Crippen LogP) is 3.56. The maximum Gasteiger partial charge on any atom is 0.269 e. The third-order valence-corrected chi connectivity index (χ3v) is 3.86. The third kappa shape index (κ3) is 6.29. The van der Waals surface area contributed by atoms with Crippen LogP contribution in [0.4, 0.5) is 5.69 Å². The van der Waals surface area contributed by atoms with Crippen molar-refractivity contribution in [1.82, 2.24) is 10.6 Å². The first-order chi connectivity index (χ1) is 12.9. The van der Waals surface area contributed by atoms with Gasteiger partial charge >= 0.3 is 0 Å². The predicted molar refractivity (Wildman–Crippen MR) is 107 cm³/mol. The van der Waals surface area contributed by atoms with Crippen molar-refractivity contribution in [3.8, 4) is 5.75 Å². The third-order valence-electron chi connectivity index (χ3n) is 3.86. The van der Waals surface area contributed by atoms with Gasteiger partial charge < -0.3 is 15.4 Å². The Morgan fingerprint density at radius 3 is 2.41 bits per heavy atom. The minimum absolute atomic E-state index is 0.0818. The number of nitrogens with one attached hydrogen (secondary N) is 2. The lowest BCUT2D eigenvalue weighted by atomic mass is 10.1. The molecule has 0 fully saturated rings. The van der Waals surface area contributed by atoms with E-state index in [1.54, 1.807) is 19.2 Å². The van der Waals surface area contributed by atoms with E-state index in [1.807, 2.05) is 32.9 Å². The second-order valence-corrected chi connectivity index (χ2v) is 6.48. The number of non-ortho nitro benzene ring substituents is 1. The molecule has 0 heterocycles. The zero-order valence-corrected chi connectivity index (χ0v) is 16.2. The maximum atomic E-state index is 10.7. The topological polar surface area (TPSA) is 88.8 Å². The average molecular weight is 370 g/mol. The van der Waals surface area contributed by atoms with E-state index in [0.29, 0.717) is 19.0 Å². The maximum absolute atomic E-state index is 10.7. The van der Waals surface area contributed by atoms with Crippen LogP contribution in [0.5, 0.6) is 5.75 Å². The van der Waals surface area contributed by atoms with E-state index in [9.17, 15) is 10.1 Å². The second-order valence-electron chi connectivity index (χ2n) is 6.48. The van der Waals surface area contributed by atoms with Crippen molar-refractivity contribution in [2.45, 2.75) is 40.0 Å². The number of nitrogens with zero attached hydrogens (tertiary/aromatic N) is 2. The van der Waals surface area contributed by atoms with Crippen molar-refractivity contribution in [2.24, 2.45) is 4.99 Å². The molecular formula is C20H26N4O3. The highest BCUT2D eigenvalue weighted by Gasteiger charge is 2.08. The Bertz CT molecular complexity index is 801. The van der Waals surface area contributed by atoms with Gasteiger partial charge in [0.25, 0.3) is 5.69 Å². The first kappa shape index (κ1) is 20.2. The fourth-order valence-electron chi connectivity index (χ4n) is 2.49. The summed E-state index contributed by atoms with van der Waals surface area (Å²) in [5, 5.41) is 17.2. The Morgan fingerprint density at radius 2 is 1.81 bits per heavy atom. The molecule has 7 heteroatoms. The number of aliphatic imine (C=N–C) groups is 1. The number of nitro benzene ring substituents is 1. The molecule has 0 saturated carbocycles. The molecule has 0 saturated heterocycles. The summed E-state index contributed by atoms with van der Waals surface area (Å²) in [4.78, 5) is 14.5. The fourth-order valence-corrected chi connectivity index (χ4v) is 2.49. The first-order valence-corrected chi connectivity index (χ1v) is 8.83. The van der Waals surface area contributed by atoms with E-state index in [1.165, 1.54) is 12.1 Å². The van der Waals surface area contributed by atoms with E-state index in [-0.39, 0.29) is 11.8 Å². The fraction of sp³-hybridized carbons (Fsp3) is 0.350. The smallest absolute Gasteiger partial charge is 0.269 e. The van der Waals surface area contributed by atoms with Crippen LogP contribution in [0.1, 0.15) is 30.5 Å². The molecule has 2 aromatic rings. The van der Waals surface area contributed by atoms with Crippen molar-refractivity contribution in [2.75, 3.05) is 7.05 Å². The van der Waals surface area contributed by atoms with Crippen LogP contribution < -0.4 is 15.4 Å². The molecular weight excluding hydrogens is 344 g/mol. The summed E-state index contributed by atoms with van der Waals surface area (Å²) in [6.45, 7) is 7.13. The SMILES string of the molecule is CN=C(NCc1ccc([N+](=O)[O-])cc1)NCc1ccc(C)cc1OC(C)C. The van der Waals surface area contributed by atoms with E-state index in [2.05, 4.69) is 21.7 Å². The van der Waals surface area contributed by atoms with Gasteiger partial charge in [-0.05, 0) is 38.0 Å². The summed E-state index contributed by atoms with van der Waals surface area (Å²) in [5.41, 5.74) is 3.21. The van der Waals surface area contributed by atoms with Crippen molar-refractivity contribution in [3.63, 3.8) is 0 Å². The molecule has 0 atom stereocenters. The number of hydrogen-bond donors (Lipinski definition) is 2. The lowest BCUT2D eigenvalue weighted by Gasteiger charge is -2.17. The molecule has 7 nitrogen and oxygen atoms in total. The summed E-state index contributed by atoms with van der Waals surface area (Å²) in [5.74, 6) is 1.51. The average Bonchev–Trinajstić information content (AvgIpc) is 2.63. The lowest BCUT2D eigenvalue weighted by Crippen LogP contribution is -2.36. The molecule has 2 N–H and O–H groups in total. The van der Waals surface area contributed by atoms with E-state index in [4.69, 9.17) is 4.74 Å². The van der Waals surface area contributed by atoms with Crippen molar-refractivity contribution >= 4 is 11.6 Å². The molecule has 0 bridgehead atoms. The minimum atomic E-state index is -0.407. The number of benzene rings is 2. The van der Waals surface area contributed by atoms with Crippen LogP contribution in [0.3, 0.4) is 0 Å².